The second kappa shape index (κ2) is 7.84. The molecule has 1 N–H and O–H groups in total. The summed E-state index contributed by atoms with van der Waals surface area (Å²) in [6.45, 7) is 4.75. The molecule has 1 aliphatic rings. The van der Waals surface area contributed by atoms with Gasteiger partial charge < -0.3 is 14.8 Å². The van der Waals surface area contributed by atoms with Crippen molar-refractivity contribution in [3.8, 4) is 5.75 Å². The van der Waals surface area contributed by atoms with E-state index in [-0.39, 0.29) is 18.4 Å². The van der Waals surface area contributed by atoms with Crippen LogP contribution in [0, 0.1) is 0 Å². The van der Waals surface area contributed by atoms with Gasteiger partial charge in [-0.15, -0.1) is 0 Å². The number of methoxy groups -OCH3 is 1. The van der Waals surface area contributed by atoms with Crippen molar-refractivity contribution in [3.63, 3.8) is 0 Å². The van der Waals surface area contributed by atoms with Crippen LogP contribution >= 0.6 is 0 Å². The number of benzene rings is 2. The van der Waals surface area contributed by atoms with Gasteiger partial charge in [0.2, 0.25) is 5.91 Å². The van der Waals surface area contributed by atoms with Gasteiger partial charge in [0.05, 0.1) is 6.61 Å². The summed E-state index contributed by atoms with van der Waals surface area (Å²) in [7, 11) is 1.60. The average molecular weight is 352 g/mol. The van der Waals surface area contributed by atoms with Crippen molar-refractivity contribution in [3.05, 3.63) is 66.2 Å². The lowest BCUT2D eigenvalue weighted by Gasteiger charge is -2.17. The maximum atomic E-state index is 12.4. The van der Waals surface area contributed by atoms with Gasteiger partial charge in [-0.1, -0.05) is 30.8 Å². The molecule has 0 unspecified atom stereocenters. The topological polar surface area (TPSA) is 67.9 Å². The molecular formula is C20H20N2O4. The number of anilines is 1. The van der Waals surface area contributed by atoms with Crippen molar-refractivity contribution in [2.45, 2.75) is 0 Å². The summed E-state index contributed by atoms with van der Waals surface area (Å²) in [4.78, 5) is 26.2. The van der Waals surface area contributed by atoms with Crippen LogP contribution in [0.2, 0.25) is 0 Å². The van der Waals surface area contributed by atoms with E-state index in [1.807, 2.05) is 12.1 Å². The molecule has 2 aromatic carbocycles. The molecule has 134 valence electrons. The summed E-state index contributed by atoms with van der Waals surface area (Å²) < 4.78 is 10.5. The SMILES string of the molecule is C=C1c2ccccc2C(=O)N1CC(=O)Nc1cccc(OCCOC)c1. The smallest absolute Gasteiger partial charge is 0.259 e. The van der Waals surface area contributed by atoms with Crippen LogP contribution in [0.15, 0.2) is 55.1 Å². The highest BCUT2D eigenvalue weighted by atomic mass is 16.5. The third-order valence-corrected chi connectivity index (χ3v) is 4.02. The Morgan fingerprint density at radius 2 is 1.88 bits per heavy atom. The number of nitrogens with zero attached hydrogens (tertiary/aromatic N) is 1. The van der Waals surface area contributed by atoms with E-state index < -0.39 is 0 Å². The van der Waals surface area contributed by atoms with Crippen LogP contribution in [0.4, 0.5) is 5.69 Å². The first-order valence-corrected chi connectivity index (χ1v) is 8.22. The Morgan fingerprint density at radius 3 is 2.62 bits per heavy atom. The molecule has 0 saturated carbocycles. The maximum absolute atomic E-state index is 12.4. The van der Waals surface area contributed by atoms with Crippen LogP contribution in [0.1, 0.15) is 15.9 Å². The summed E-state index contributed by atoms with van der Waals surface area (Å²) in [6, 6.07) is 14.3. The van der Waals surface area contributed by atoms with Crippen LogP contribution in [0.5, 0.6) is 5.75 Å². The molecule has 6 nitrogen and oxygen atoms in total. The standard InChI is InChI=1S/C20H20N2O4/c1-14-17-8-3-4-9-18(17)20(24)22(14)13-19(23)21-15-6-5-7-16(12-15)26-11-10-25-2/h3-9,12H,1,10-11,13H2,2H3,(H,21,23). The predicted molar refractivity (Wildman–Crippen MR) is 99.0 cm³/mol. The van der Waals surface area contributed by atoms with Gasteiger partial charge in [0.25, 0.3) is 5.91 Å². The molecule has 0 atom stereocenters. The van der Waals surface area contributed by atoms with E-state index in [4.69, 9.17) is 9.47 Å². The van der Waals surface area contributed by atoms with Gasteiger partial charge >= 0.3 is 0 Å². The number of hydrogen-bond donors (Lipinski definition) is 1. The molecule has 2 aromatic rings. The largest absolute Gasteiger partial charge is 0.491 e. The van der Waals surface area contributed by atoms with Crippen molar-refractivity contribution in [2.24, 2.45) is 0 Å². The van der Waals surface area contributed by atoms with Crippen molar-refractivity contribution >= 4 is 23.2 Å². The van der Waals surface area contributed by atoms with E-state index in [0.29, 0.717) is 35.9 Å². The Bertz CT molecular complexity index is 812. The van der Waals surface area contributed by atoms with Crippen molar-refractivity contribution < 1.29 is 19.1 Å². The van der Waals surface area contributed by atoms with Crippen molar-refractivity contribution in [1.29, 1.82) is 0 Å². The molecule has 26 heavy (non-hydrogen) atoms. The minimum atomic E-state index is -0.304. The molecule has 6 heteroatoms. The molecule has 0 spiro atoms. The molecule has 0 saturated heterocycles. The average Bonchev–Trinajstić information content (AvgIpc) is 2.88. The van der Waals surface area contributed by atoms with Crippen LogP contribution < -0.4 is 10.1 Å². The third kappa shape index (κ3) is 3.75. The second-order valence-corrected chi connectivity index (χ2v) is 5.80. The fraction of sp³-hybridized carbons (Fsp3) is 0.200. The monoisotopic (exact) mass is 352 g/mol. The Kier molecular flexibility index (Phi) is 5.34. The number of rotatable bonds is 7. The van der Waals surface area contributed by atoms with E-state index in [2.05, 4.69) is 11.9 Å². The quantitative estimate of drug-likeness (QED) is 0.778. The van der Waals surface area contributed by atoms with Crippen molar-refractivity contribution in [2.75, 3.05) is 32.2 Å². The third-order valence-electron chi connectivity index (χ3n) is 4.02. The fourth-order valence-electron chi connectivity index (χ4n) is 2.75. The number of nitrogens with one attached hydrogen (secondary N) is 1. The Morgan fingerprint density at radius 1 is 1.12 bits per heavy atom. The number of fused-ring (bicyclic) bond motifs is 1. The van der Waals surface area contributed by atoms with Crippen LogP contribution in [0.25, 0.3) is 5.70 Å². The van der Waals surface area contributed by atoms with Crippen molar-refractivity contribution in [1.82, 2.24) is 4.90 Å². The van der Waals surface area contributed by atoms with Crippen LogP contribution in [-0.4, -0.2) is 43.6 Å². The summed E-state index contributed by atoms with van der Waals surface area (Å²) in [5.74, 6) is 0.118. The molecule has 3 rings (SSSR count). The van der Waals surface area contributed by atoms with Gasteiger partial charge in [0.1, 0.15) is 18.9 Å². The van der Waals surface area contributed by atoms with Gasteiger partial charge in [0.15, 0.2) is 0 Å². The molecule has 0 fully saturated rings. The highest BCUT2D eigenvalue weighted by molar-refractivity contribution is 6.11. The van der Waals surface area contributed by atoms with Crippen LogP contribution in [0.3, 0.4) is 0 Å². The minimum Gasteiger partial charge on any atom is -0.491 e. The van der Waals surface area contributed by atoms with Gasteiger partial charge in [0, 0.05) is 35.7 Å². The Balaban J connectivity index is 1.62. The first-order valence-electron chi connectivity index (χ1n) is 8.22. The number of carbonyl (C=O) groups is 2. The van der Waals surface area contributed by atoms with E-state index in [0.717, 1.165) is 5.56 Å². The molecule has 2 amide bonds. The summed E-state index contributed by atoms with van der Waals surface area (Å²) in [6.07, 6.45) is 0. The predicted octanol–water partition coefficient (Wildman–Crippen LogP) is 2.78. The molecule has 0 bridgehead atoms. The summed E-state index contributed by atoms with van der Waals surface area (Å²) in [5.41, 5.74) is 2.47. The second-order valence-electron chi connectivity index (χ2n) is 5.80. The Hall–Kier alpha value is -3.12. The van der Waals surface area contributed by atoms with Gasteiger partial charge in [-0.05, 0) is 18.2 Å². The molecule has 1 heterocycles. The molecule has 0 aliphatic carbocycles. The Labute approximate surface area is 152 Å². The fourth-order valence-corrected chi connectivity index (χ4v) is 2.75. The number of hydrogen-bond acceptors (Lipinski definition) is 4. The minimum absolute atomic E-state index is 0.0961. The lowest BCUT2D eigenvalue weighted by Crippen LogP contribution is -2.32. The zero-order valence-corrected chi connectivity index (χ0v) is 14.5. The molecule has 0 aromatic heterocycles. The van der Waals surface area contributed by atoms with Gasteiger partial charge in [-0.2, -0.15) is 0 Å². The summed E-state index contributed by atoms with van der Waals surface area (Å²) in [5, 5.41) is 2.78. The van der Waals surface area contributed by atoms with E-state index in [9.17, 15) is 9.59 Å². The van der Waals surface area contributed by atoms with Gasteiger partial charge in [-0.3, -0.25) is 14.5 Å². The number of amides is 2. The first kappa shape index (κ1) is 17.7. The van der Waals surface area contributed by atoms with E-state index in [1.54, 1.807) is 43.5 Å². The van der Waals surface area contributed by atoms with Crippen LogP contribution in [-0.2, 0) is 9.53 Å². The number of ether oxygens (including phenoxy) is 2. The normalized spacial score (nSPS) is 12.9. The molecular weight excluding hydrogens is 332 g/mol. The van der Waals surface area contributed by atoms with E-state index >= 15 is 0 Å². The first-order chi connectivity index (χ1) is 12.6. The zero-order chi connectivity index (χ0) is 18.5. The summed E-state index contributed by atoms with van der Waals surface area (Å²) >= 11 is 0. The highest BCUT2D eigenvalue weighted by Gasteiger charge is 2.31. The lowest BCUT2D eigenvalue weighted by atomic mass is 10.1. The zero-order valence-electron chi connectivity index (χ0n) is 14.5. The maximum Gasteiger partial charge on any atom is 0.259 e. The lowest BCUT2D eigenvalue weighted by molar-refractivity contribution is -0.116. The van der Waals surface area contributed by atoms with E-state index in [1.165, 1.54) is 4.90 Å². The highest BCUT2D eigenvalue weighted by Crippen LogP contribution is 2.30. The molecule has 0 radical (unpaired) electrons. The van der Waals surface area contributed by atoms with Gasteiger partial charge in [-0.25, -0.2) is 0 Å². The molecule has 1 aliphatic heterocycles. The number of carbonyl (C=O) groups excluding carboxylic acids is 2.